The zero-order valence-electron chi connectivity index (χ0n) is 17.9. The molecule has 1 aromatic carbocycles. The lowest BCUT2D eigenvalue weighted by atomic mass is 9.85. The van der Waals surface area contributed by atoms with Gasteiger partial charge in [-0.2, -0.15) is 0 Å². The van der Waals surface area contributed by atoms with Crippen LogP contribution in [0.1, 0.15) is 49.8 Å². The third-order valence-electron chi connectivity index (χ3n) is 6.99. The number of rotatable bonds is 3. The molecule has 0 bridgehead atoms. The number of nitrogens with one attached hydrogen (secondary N) is 1. The quantitative estimate of drug-likeness (QED) is 0.514. The molecule has 0 unspecified atom stereocenters. The van der Waals surface area contributed by atoms with E-state index in [4.69, 9.17) is 9.47 Å². The molecule has 0 amide bonds. The van der Waals surface area contributed by atoms with Crippen LogP contribution in [-0.2, 0) is 17.9 Å². The number of ether oxygens (including phenoxy) is 2. The molecule has 8 heteroatoms. The van der Waals surface area contributed by atoms with Crippen LogP contribution in [0.15, 0.2) is 35.4 Å². The first-order valence-electron chi connectivity index (χ1n) is 11.2. The Hall–Kier alpha value is -3.13. The summed E-state index contributed by atoms with van der Waals surface area (Å²) in [4.78, 5) is 21.6. The summed E-state index contributed by atoms with van der Waals surface area (Å²) in [6.45, 7) is 2.85. The van der Waals surface area contributed by atoms with Crippen LogP contribution >= 0.6 is 0 Å². The number of imidazole rings is 1. The van der Waals surface area contributed by atoms with Gasteiger partial charge in [0.2, 0.25) is 0 Å². The Morgan fingerprint density at radius 1 is 1.28 bits per heavy atom. The smallest absolute Gasteiger partial charge is 0.329 e. The van der Waals surface area contributed by atoms with Gasteiger partial charge in [0.1, 0.15) is 17.2 Å². The van der Waals surface area contributed by atoms with Crippen LogP contribution in [0.4, 0.5) is 4.39 Å². The Bertz CT molecular complexity index is 1390. The second-order valence-electron chi connectivity index (χ2n) is 8.96. The first-order valence-corrected chi connectivity index (χ1v) is 11.2. The van der Waals surface area contributed by atoms with E-state index < -0.39 is 0 Å². The van der Waals surface area contributed by atoms with Crippen molar-refractivity contribution >= 4 is 22.1 Å². The molecule has 1 aliphatic heterocycles. The summed E-state index contributed by atoms with van der Waals surface area (Å²) >= 11 is 0. The Balaban J connectivity index is 1.58. The molecule has 166 valence electrons. The van der Waals surface area contributed by atoms with Crippen LogP contribution in [0.25, 0.3) is 22.1 Å². The van der Waals surface area contributed by atoms with Gasteiger partial charge in [-0.3, -0.25) is 9.13 Å². The van der Waals surface area contributed by atoms with Crippen molar-refractivity contribution in [3.63, 3.8) is 0 Å². The Morgan fingerprint density at radius 3 is 3.03 bits per heavy atom. The van der Waals surface area contributed by atoms with E-state index in [9.17, 15) is 9.18 Å². The SMILES string of the molecule is C[C@@H]1CCCC[C@@H]1n1c(=O)n(Cc2cc(F)cc3c2OCOC3)c2cnc3[nH]ccc3c21. The highest BCUT2D eigenvalue weighted by atomic mass is 19.1. The predicted molar refractivity (Wildman–Crippen MR) is 118 cm³/mol. The van der Waals surface area contributed by atoms with Crippen molar-refractivity contribution in [3.05, 3.63) is 58.0 Å². The number of aromatic amines is 1. The van der Waals surface area contributed by atoms with Gasteiger partial charge in [-0.15, -0.1) is 0 Å². The number of hydrogen-bond donors (Lipinski definition) is 1. The standard InChI is InChI=1S/C24H25FN4O3/c1-14-4-2-3-5-19(14)29-21-18-6-7-26-23(18)27-10-20(21)28(24(29)30)11-15-8-17(25)9-16-12-31-13-32-22(15)16/h6-10,14,19H,2-5,11-13H2,1H3,(H,26,27)/t14-,19+/m1/s1. The molecule has 4 heterocycles. The highest BCUT2D eigenvalue weighted by Crippen LogP contribution is 2.37. The van der Waals surface area contributed by atoms with Gasteiger partial charge in [-0.25, -0.2) is 14.2 Å². The van der Waals surface area contributed by atoms with E-state index in [-0.39, 0.29) is 30.9 Å². The molecule has 3 aromatic heterocycles. The lowest BCUT2D eigenvalue weighted by molar-refractivity contribution is -0.0173. The number of H-pyrrole nitrogens is 1. The molecule has 32 heavy (non-hydrogen) atoms. The van der Waals surface area contributed by atoms with Gasteiger partial charge < -0.3 is 14.5 Å². The largest absolute Gasteiger partial charge is 0.467 e. The minimum absolute atomic E-state index is 0.0840. The van der Waals surface area contributed by atoms with Crippen molar-refractivity contribution in [2.24, 2.45) is 5.92 Å². The van der Waals surface area contributed by atoms with Crippen molar-refractivity contribution < 1.29 is 13.9 Å². The topological polar surface area (TPSA) is 74.1 Å². The second-order valence-corrected chi connectivity index (χ2v) is 8.96. The minimum Gasteiger partial charge on any atom is -0.467 e. The summed E-state index contributed by atoms with van der Waals surface area (Å²) in [7, 11) is 0. The van der Waals surface area contributed by atoms with E-state index >= 15 is 0 Å². The van der Waals surface area contributed by atoms with E-state index in [2.05, 4.69) is 16.9 Å². The molecule has 1 fully saturated rings. The fourth-order valence-corrected chi connectivity index (χ4v) is 5.45. The first kappa shape index (κ1) is 19.5. The Labute approximate surface area is 183 Å². The summed E-state index contributed by atoms with van der Waals surface area (Å²) < 4.78 is 29.1. The van der Waals surface area contributed by atoms with E-state index in [0.717, 1.165) is 41.3 Å². The first-order chi connectivity index (χ1) is 15.6. The van der Waals surface area contributed by atoms with Crippen LogP contribution in [0.3, 0.4) is 0 Å². The number of fused-ring (bicyclic) bond motifs is 4. The number of pyridine rings is 1. The number of hydrogen-bond acceptors (Lipinski definition) is 4. The highest BCUT2D eigenvalue weighted by Gasteiger charge is 2.29. The summed E-state index contributed by atoms with van der Waals surface area (Å²) in [6, 6.07) is 4.99. The molecule has 2 atom stereocenters. The molecule has 1 N–H and O–H groups in total. The summed E-state index contributed by atoms with van der Waals surface area (Å²) in [5.41, 5.74) is 3.62. The lowest BCUT2D eigenvalue weighted by Crippen LogP contribution is -2.32. The molecule has 2 aliphatic rings. The molecular weight excluding hydrogens is 411 g/mol. The number of halogens is 1. The normalized spacial score (nSPS) is 21.1. The van der Waals surface area contributed by atoms with Gasteiger partial charge in [0.25, 0.3) is 0 Å². The predicted octanol–water partition coefficient (Wildman–Crippen LogP) is 4.48. The van der Waals surface area contributed by atoms with Crippen molar-refractivity contribution in [2.45, 2.75) is 51.8 Å². The average molecular weight is 436 g/mol. The molecule has 7 nitrogen and oxygen atoms in total. The fraction of sp³-hybridized carbons (Fsp3) is 0.417. The van der Waals surface area contributed by atoms with Gasteiger partial charge >= 0.3 is 5.69 Å². The van der Waals surface area contributed by atoms with Crippen molar-refractivity contribution in [1.82, 2.24) is 19.1 Å². The molecule has 4 aromatic rings. The maximum atomic E-state index is 14.4. The van der Waals surface area contributed by atoms with Crippen LogP contribution < -0.4 is 10.4 Å². The monoisotopic (exact) mass is 436 g/mol. The third-order valence-corrected chi connectivity index (χ3v) is 6.99. The van der Waals surface area contributed by atoms with E-state index in [0.29, 0.717) is 29.4 Å². The maximum absolute atomic E-state index is 14.4. The van der Waals surface area contributed by atoms with Crippen molar-refractivity contribution in [2.75, 3.05) is 6.79 Å². The Kier molecular flexibility index (Phi) is 4.57. The number of benzene rings is 1. The van der Waals surface area contributed by atoms with Crippen LogP contribution in [0, 0.1) is 11.7 Å². The molecule has 0 saturated heterocycles. The minimum atomic E-state index is -0.364. The highest BCUT2D eigenvalue weighted by molar-refractivity contribution is 6.01. The summed E-state index contributed by atoms with van der Waals surface area (Å²) in [5, 5.41) is 0.932. The number of aromatic nitrogens is 4. The van der Waals surface area contributed by atoms with E-state index in [1.165, 1.54) is 18.6 Å². The fourth-order valence-electron chi connectivity index (χ4n) is 5.45. The van der Waals surface area contributed by atoms with E-state index in [1.54, 1.807) is 10.8 Å². The van der Waals surface area contributed by atoms with E-state index in [1.807, 2.05) is 16.8 Å². The zero-order chi connectivity index (χ0) is 21.8. The van der Waals surface area contributed by atoms with Gasteiger partial charge in [0.05, 0.1) is 30.4 Å². The summed E-state index contributed by atoms with van der Waals surface area (Å²) in [6.07, 6.45) is 7.99. The van der Waals surface area contributed by atoms with Crippen LogP contribution in [-0.4, -0.2) is 25.9 Å². The van der Waals surface area contributed by atoms with Crippen molar-refractivity contribution in [1.29, 1.82) is 0 Å². The van der Waals surface area contributed by atoms with Gasteiger partial charge in [0, 0.05) is 28.8 Å². The van der Waals surface area contributed by atoms with Crippen molar-refractivity contribution in [3.8, 4) is 5.75 Å². The molecule has 0 radical (unpaired) electrons. The van der Waals surface area contributed by atoms with Gasteiger partial charge in [0.15, 0.2) is 6.79 Å². The van der Waals surface area contributed by atoms with Crippen LogP contribution in [0.2, 0.25) is 0 Å². The average Bonchev–Trinajstić information content (AvgIpc) is 3.37. The molecular formula is C24H25FN4O3. The van der Waals surface area contributed by atoms with Crippen LogP contribution in [0.5, 0.6) is 5.75 Å². The summed E-state index contributed by atoms with van der Waals surface area (Å²) in [5.74, 6) is 0.647. The van der Waals surface area contributed by atoms with Gasteiger partial charge in [-0.05, 0) is 37.0 Å². The lowest BCUT2D eigenvalue weighted by Gasteiger charge is -2.29. The molecule has 1 aliphatic carbocycles. The van der Waals surface area contributed by atoms with Gasteiger partial charge in [-0.1, -0.05) is 19.8 Å². The zero-order valence-corrected chi connectivity index (χ0v) is 17.9. The molecule has 6 rings (SSSR count). The third kappa shape index (κ3) is 2.97. The number of nitrogens with zero attached hydrogens (tertiary/aromatic N) is 3. The molecule has 0 spiro atoms. The Morgan fingerprint density at radius 2 is 2.16 bits per heavy atom. The second kappa shape index (κ2) is 7.48. The molecule has 1 saturated carbocycles. The maximum Gasteiger partial charge on any atom is 0.329 e.